The zero-order valence-corrected chi connectivity index (χ0v) is 16.1. The first-order valence-electron chi connectivity index (χ1n) is 8.22. The number of carbonyl (C=O) groups excluding carboxylic acids is 2. The first kappa shape index (κ1) is 19.0. The summed E-state index contributed by atoms with van der Waals surface area (Å²) >= 11 is 7.46. The number of benzene rings is 2. The van der Waals surface area contributed by atoms with Gasteiger partial charge < -0.3 is 5.32 Å². The van der Waals surface area contributed by atoms with Crippen LogP contribution in [0.5, 0.6) is 0 Å². The fourth-order valence-electron chi connectivity index (χ4n) is 2.79. The summed E-state index contributed by atoms with van der Waals surface area (Å²) in [6.45, 7) is 0. The second-order valence-corrected chi connectivity index (χ2v) is 7.38. The third-order valence-electron chi connectivity index (χ3n) is 4.11. The van der Waals surface area contributed by atoms with Crippen molar-refractivity contribution in [2.45, 2.75) is 11.7 Å². The van der Waals surface area contributed by atoms with Gasteiger partial charge in [-0.2, -0.15) is 5.26 Å². The lowest BCUT2D eigenvalue weighted by atomic mass is 10.1. The minimum atomic E-state index is -0.521. The van der Waals surface area contributed by atoms with Gasteiger partial charge in [0.05, 0.1) is 5.25 Å². The van der Waals surface area contributed by atoms with Gasteiger partial charge in [-0.05, 0) is 30.2 Å². The lowest BCUT2D eigenvalue weighted by molar-refractivity contribution is -0.117. The number of halogens is 1. The smallest absolute Gasteiger partial charge is 0.264 e. The number of thioether (sulfide) groups is 1. The highest BCUT2D eigenvalue weighted by Crippen LogP contribution is 2.42. The molecule has 0 unspecified atom stereocenters. The van der Waals surface area contributed by atoms with E-state index in [4.69, 9.17) is 11.6 Å². The maximum absolute atomic E-state index is 13.2. The molecular weight excluding hydrogens is 382 g/mol. The van der Waals surface area contributed by atoms with Crippen molar-refractivity contribution in [2.24, 2.45) is 0 Å². The number of para-hydroxylation sites is 1. The van der Waals surface area contributed by atoms with Gasteiger partial charge in [-0.3, -0.25) is 14.5 Å². The number of nitrogens with one attached hydrogen (secondary N) is 1. The molecule has 2 aromatic carbocycles. The van der Waals surface area contributed by atoms with Crippen LogP contribution in [0.15, 0.2) is 65.2 Å². The number of hydrogen-bond donors (Lipinski definition) is 1. The number of anilines is 1. The van der Waals surface area contributed by atoms with E-state index in [1.807, 2.05) is 30.3 Å². The Morgan fingerprint density at radius 1 is 1.22 bits per heavy atom. The molecule has 1 N–H and O–H groups in total. The van der Waals surface area contributed by atoms with Gasteiger partial charge in [0.1, 0.15) is 16.7 Å². The van der Waals surface area contributed by atoms with E-state index in [0.717, 1.165) is 5.56 Å². The molecule has 5 nitrogen and oxygen atoms in total. The summed E-state index contributed by atoms with van der Waals surface area (Å²) in [5, 5.41) is 12.4. The van der Waals surface area contributed by atoms with Gasteiger partial charge in [0.15, 0.2) is 0 Å². The van der Waals surface area contributed by atoms with Gasteiger partial charge >= 0.3 is 0 Å². The molecule has 1 saturated heterocycles. The van der Waals surface area contributed by atoms with E-state index < -0.39 is 11.2 Å². The molecule has 3 rings (SSSR count). The largest absolute Gasteiger partial charge is 0.354 e. The highest BCUT2D eigenvalue weighted by molar-refractivity contribution is 8.05. The van der Waals surface area contributed by atoms with Crippen LogP contribution in [-0.2, 0) is 16.0 Å². The zero-order chi connectivity index (χ0) is 19.4. The zero-order valence-electron chi connectivity index (χ0n) is 14.5. The summed E-state index contributed by atoms with van der Waals surface area (Å²) in [6, 6.07) is 18.3. The molecule has 7 heteroatoms. The molecule has 0 radical (unpaired) electrons. The van der Waals surface area contributed by atoms with Gasteiger partial charge in [0.2, 0.25) is 5.91 Å². The molecule has 0 aliphatic carbocycles. The van der Waals surface area contributed by atoms with Crippen LogP contribution in [0.4, 0.5) is 5.69 Å². The van der Waals surface area contributed by atoms with Crippen molar-refractivity contribution in [2.75, 3.05) is 11.9 Å². The third kappa shape index (κ3) is 3.85. The Morgan fingerprint density at radius 3 is 2.52 bits per heavy atom. The number of likely N-dealkylation sites (N-methyl/N-ethyl adjacent to an activating group) is 1. The van der Waals surface area contributed by atoms with Crippen LogP contribution in [0, 0.1) is 11.3 Å². The molecule has 0 saturated carbocycles. The van der Waals surface area contributed by atoms with E-state index in [9.17, 15) is 14.9 Å². The number of hydrogen-bond acceptors (Lipinski definition) is 4. The molecule has 2 aromatic rings. The SMILES string of the molecule is CNC(=O)/C(C#N)=C1/S[C@H](Cc2ccccc2Cl)C(=O)N1c1ccccc1. The van der Waals surface area contributed by atoms with Gasteiger partial charge in [-0.1, -0.05) is 59.8 Å². The first-order chi connectivity index (χ1) is 13.1. The van der Waals surface area contributed by atoms with Crippen LogP contribution in [0.2, 0.25) is 5.02 Å². The van der Waals surface area contributed by atoms with E-state index in [2.05, 4.69) is 5.32 Å². The van der Waals surface area contributed by atoms with Crippen molar-refractivity contribution >= 4 is 40.9 Å². The summed E-state index contributed by atoms with van der Waals surface area (Å²) in [7, 11) is 1.45. The lowest BCUT2D eigenvalue weighted by Gasteiger charge is -2.18. The molecule has 0 bridgehead atoms. The lowest BCUT2D eigenvalue weighted by Crippen LogP contribution is -2.31. The Hall–Kier alpha value is -2.75. The molecule has 1 heterocycles. The van der Waals surface area contributed by atoms with Crippen LogP contribution >= 0.6 is 23.4 Å². The van der Waals surface area contributed by atoms with Crippen LogP contribution in [-0.4, -0.2) is 24.1 Å². The minimum absolute atomic E-state index is 0.0821. The molecular formula is C20H16ClN3O2S. The van der Waals surface area contributed by atoms with E-state index in [1.54, 1.807) is 30.3 Å². The van der Waals surface area contributed by atoms with E-state index in [0.29, 0.717) is 22.2 Å². The summed E-state index contributed by atoms with van der Waals surface area (Å²) in [5.41, 5.74) is 1.38. The maximum atomic E-state index is 13.2. The van der Waals surface area contributed by atoms with Crippen LogP contribution in [0.3, 0.4) is 0 Å². The summed E-state index contributed by atoms with van der Waals surface area (Å²) in [6.07, 6.45) is 0.405. The third-order valence-corrected chi connectivity index (χ3v) is 5.74. The standard InChI is InChI=1S/C20H16ClN3O2S/c1-23-18(25)15(12-22)20-24(14-8-3-2-4-9-14)19(26)17(27-20)11-13-7-5-6-10-16(13)21/h2-10,17H,11H2,1H3,(H,23,25)/b20-15+/t17-/m1/s1. The summed E-state index contributed by atoms with van der Waals surface area (Å²) in [4.78, 5) is 26.8. The van der Waals surface area contributed by atoms with Crippen LogP contribution in [0.25, 0.3) is 0 Å². The Morgan fingerprint density at radius 2 is 1.89 bits per heavy atom. The van der Waals surface area contributed by atoms with Gasteiger partial charge in [0.25, 0.3) is 5.91 Å². The first-order valence-corrected chi connectivity index (χ1v) is 9.48. The molecule has 1 aliphatic heterocycles. The Balaban J connectivity index is 2.05. The molecule has 1 aliphatic rings. The van der Waals surface area contributed by atoms with Crippen molar-refractivity contribution < 1.29 is 9.59 Å². The van der Waals surface area contributed by atoms with Crippen molar-refractivity contribution in [3.05, 3.63) is 75.8 Å². The number of nitriles is 1. The van der Waals surface area contributed by atoms with Crippen molar-refractivity contribution in [1.82, 2.24) is 5.32 Å². The van der Waals surface area contributed by atoms with E-state index in [-0.39, 0.29) is 11.5 Å². The Labute approximate surface area is 166 Å². The Bertz CT molecular complexity index is 953. The summed E-state index contributed by atoms with van der Waals surface area (Å²) in [5.74, 6) is -0.704. The topological polar surface area (TPSA) is 73.2 Å². The van der Waals surface area contributed by atoms with Gasteiger partial charge in [0, 0.05) is 17.8 Å². The van der Waals surface area contributed by atoms with E-state index in [1.165, 1.54) is 23.7 Å². The minimum Gasteiger partial charge on any atom is -0.354 e. The fourth-order valence-corrected chi connectivity index (χ4v) is 4.30. The predicted octanol–water partition coefficient (Wildman–Crippen LogP) is 3.51. The van der Waals surface area contributed by atoms with E-state index >= 15 is 0 Å². The molecule has 1 atom stereocenters. The molecule has 2 amide bonds. The monoisotopic (exact) mass is 397 g/mol. The fraction of sp³-hybridized carbons (Fsp3) is 0.150. The molecule has 27 heavy (non-hydrogen) atoms. The summed E-state index contributed by atoms with van der Waals surface area (Å²) < 4.78 is 0. The molecule has 0 spiro atoms. The van der Waals surface area contributed by atoms with Gasteiger partial charge in [-0.15, -0.1) is 0 Å². The normalized spacial score (nSPS) is 18.2. The number of rotatable bonds is 4. The predicted molar refractivity (Wildman–Crippen MR) is 107 cm³/mol. The molecule has 136 valence electrons. The highest BCUT2D eigenvalue weighted by Gasteiger charge is 2.40. The number of amides is 2. The average molecular weight is 398 g/mol. The maximum Gasteiger partial charge on any atom is 0.264 e. The average Bonchev–Trinajstić information content (AvgIpc) is 3.00. The second-order valence-electron chi connectivity index (χ2n) is 5.78. The molecule has 1 fully saturated rings. The number of carbonyl (C=O) groups is 2. The van der Waals surface area contributed by atoms with Crippen molar-refractivity contribution in [3.8, 4) is 6.07 Å². The van der Waals surface area contributed by atoms with Gasteiger partial charge in [-0.25, -0.2) is 0 Å². The molecule has 0 aromatic heterocycles. The highest BCUT2D eigenvalue weighted by atomic mass is 35.5. The number of nitrogens with zero attached hydrogens (tertiary/aromatic N) is 2. The van der Waals surface area contributed by atoms with Crippen LogP contribution < -0.4 is 10.2 Å². The Kier molecular flexibility index (Phi) is 5.84. The van der Waals surface area contributed by atoms with Crippen molar-refractivity contribution in [3.63, 3.8) is 0 Å². The van der Waals surface area contributed by atoms with Crippen molar-refractivity contribution in [1.29, 1.82) is 5.26 Å². The quantitative estimate of drug-likeness (QED) is 0.632. The second kappa shape index (κ2) is 8.30. The van der Waals surface area contributed by atoms with Crippen LogP contribution in [0.1, 0.15) is 5.56 Å².